The van der Waals surface area contributed by atoms with Crippen molar-refractivity contribution in [3.05, 3.63) is 11.9 Å². The topological polar surface area (TPSA) is 63.1 Å². The van der Waals surface area contributed by atoms with Crippen LogP contribution in [-0.2, 0) is 4.79 Å². The van der Waals surface area contributed by atoms with Crippen LogP contribution in [0.15, 0.2) is 16.4 Å². The van der Waals surface area contributed by atoms with Crippen molar-refractivity contribution in [2.75, 3.05) is 5.75 Å². The van der Waals surface area contributed by atoms with E-state index in [1.165, 1.54) is 36.6 Å². The third-order valence-corrected chi connectivity index (χ3v) is 6.19. The first kappa shape index (κ1) is 13.2. The van der Waals surface area contributed by atoms with E-state index < -0.39 is 5.97 Å². The van der Waals surface area contributed by atoms with Gasteiger partial charge in [-0.3, -0.25) is 4.79 Å². The van der Waals surface area contributed by atoms with Gasteiger partial charge < -0.3 is 5.11 Å². The van der Waals surface area contributed by atoms with Gasteiger partial charge in [0.1, 0.15) is 16.4 Å². The average Bonchev–Trinajstić information content (AvgIpc) is 2.73. The zero-order chi connectivity index (χ0) is 13.4. The second kappa shape index (κ2) is 5.32. The number of fused-ring (bicyclic) bond motifs is 3. The van der Waals surface area contributed by atoms with Crippen molar-refractivity contribution in [1.29, 1.82) is 0 Å². The van der Waals surface area contributed by atoms with Crippen molar-refractivity contribution in [2.45, 2.75) is 47.4 Å². The van der Waals surface area contributed by atoms with Crippen molar-refractivity contribution in [3.63, 3.8) is 0 Å². The molecular formula is C13H16N2O2S2. The van der Waals surface area contributed by atoms with Gasteiger partial charge in [-0.25, -0.2) is 9.97 Å². The maximum Gasteiger partial charge on any atom is 0.313 e. The zero-order valence-corrected chi connectivity index (χ0v) is 12.3. The molecule has 2 heterocycles. The second-order valence-corrected chi connectivity index (χ2v) is 7.45. The van der Waals surface area contributed by atoms with Crippen LogP contribution >= 0.6 is 23.5 Å². The van der Waals surface area contributed by atoms with Crippen molar-refractivity contribution in [3.8, 4) is 0 Å². The summed E-state index contributed by atoms with van der Waals surface area (Å²) in [6.07, 6.45) is 5.23. The normalized spacial score (nSPS) is 28.8. The Kier molecular flexibility index (Phi) is 3.71. The molecule has 3 atom stereocenters. The van der Waals surface area contributed by atoms with Gasteiger partial charge in [0.05, 0.1) is 5.75 Å². The Hall–Kier alpha value is -0.750. The number of carboxylic acids is 1. The highest BCUT2D eigenvalue weighted by Crippen LogP contribution is 2.54. The van der Waals surface area contributed by atoms with Crippen molar-refractivity contribution in [1.82, 2.24) is 9.97 Å². The molecule has 0 saturated heterocycles. The summed E-state index contributed by atoms with van der Waals surface area (Å²) in [5.41, 5.74) is 1.22. The largest absolute Gasteiger partial charge is 0.481 e. The highest BCUT2D eigenvalue weighted by molar-refractivity contribution is 8.01. The lowest BCUT2D eigenvalue weighted by Crippen LogP contribution is -2.21. The van der Waals surface area contributed by atoms with Crippen LogP contribution in [0.4, 0.5) is 0 Å². The number of hydrogen-bond donors (Lipinski definition) is 1. The lowest BCUT2D eigenvalue weighted by atomic mass is 9.80. The second-order valence-electron chi connectivity index (χ2n) is 5.26. The number of aromatic nitrogens is 2. The molecule has 1 aromatic heterocycles. The number of carbonyl (C=O) groups is 1. The van der Waals surface area contributed by atoms with Gasteiger partial charge in [-0.1, -0.05) is 25.1 Å². The van der Waals surface area contributed by atoms with E-state index in [2.05, 4.69) is 16.9 Å². The molecule has 1 saturated carbocycles. The Morgan fingerprint density at radius 3 is 3.16 bits per heavy atom. The molecule has 1 aliphatic carbocycles. The van der Waals surface area contributed by atoms with Crippen LogP contribution in [0.25, 0.3) is 0 Å². The van der Waals surface area contributed by atoms with Gasteiger partial charge >= 0.3 is 5.97 Å². The molecular weight excluding hydrogens is 280 g/mol. The Labute approximate surface area is 120 Å². The van der Waals surface area contributed by atoms with E-state index in [1.807, 2.05) is 11.8 Å². The van der Waals surface area contributed by atoms with E-state index in [9.17, 15) is 4.79 Å². The molecule has 2 aliphatic rings. The fraction of sp³-hybridized carbons (Fsp3) is 0.615. The molecule has 0 amide bonds. The summed E-state index contributed by atoms with van der Waals surface area (Å²) in [6, 6.07) is 0. The quantitative estimate of drug-likeness (QED) is 0.683. The van der Waals surface area contributed by atoms with Crippen LogP contribution in [-0.4, -0.2) is 32.0 Å². The maximum absolute atomic E-state index is 10.7. The molecule has 1 aliphatic heterocycles. The molecule has 19 heavy (non-hydrogen) atoms. The van der Waals surface area contributed by atoms with Gasteiger partial charge in [0.25, 0.3) is 0 Å². The van der Waals surface area contributed by atoms with Crippen LogP contribution in [0.3, 0.4) is 0 Å². The molecule has 3 unspecified atom stereocenters. The first-order valence-corrected chi connectivity index (χ1v) is 8.38. The van der Waals surface area contributed by atoms with Crippen molar-refractivity contribution in [2.24, 2.45) is 5.92 Å². The van der Waals surface area contributed by atoms with Crippen LogP contribution in [0, 0.1) is 5.92 Å². The number of hydrogen-bond acceptors (Lipinski definition) is 5. The lowest BCUT2D eigenvalue weighted by Gasteiger charge is -2.29. The van der Waals surface area contributed by atoms with Gasteiger partial charge in [0.15, 0.2) is 0 Å². The van der Waals surface area contributed by atoms with Crippen LogP contribution < -0.4 is 0 Å². The lowest BCUT2D eigenvalue weighted by molar-refractivity contribution is -0.133. The highest BCUT2D eigenvalue weighted by atomic mass is 32.2. The average molecular weight is 296 g/mol. The Morgan fingerprint density at radius 1 is 1.53 bits per heavy atom. The molecule has 6 heteroatoms. The Morgan fingerprint density at radius 2 is 2.37 bits per heavy atom. The van der Waals surface area contributed by atoms with Crippen LogP contribution in [0.1, 0.15) is 37.7 Å². The molecule has 0 aromatic carbocycles. The summed E-state index contributed by atoms with van der Waals surface area (Å²) < 4.78 is 0. The molecule has 1 N–H and O–H groups in total. The predicted octanol–water partition coefficient (Wildman–Crippen LogP) is 3.03. The summed E-state index contributed by atoms with van der Waals surface area (Å²) >= 11 is 3.19. The van der Waals surface area contributed by atoms with Crippen LogP contribution in [0.2, 0.25) is 0 Å². The molecule has 0 bridgehead atoms. The molecule has 3 rings (SSSR count). The molecule has 1 aromatic rings. The van der Waals surface area contributed by atoms with Gasteiger partial charge in [0, 0.05) is 16.7 Å². The standard InChI is InChI=1S/C13H16N2O2S2/c1-7-2-3-8-9(4-7)19-13-11(8)12(14-6-15-13)18-5-10(16)17/h6-9H,2-5H2,1H3,(H,16,17). The monoisotopic (exact) mass is 296 g/mol. The van der Waals surface area contributed by atoms with Crippen molar-refractivity contribution < 1.29 is 9.90 Å². The maximum atomic E-state index is 10.7. The third-order valence-electron chi connectivity index (χ3n) is 3.83. The van der Waals surface area contributed by atoms with Gasteiger partial charge in [-0.2, -0.15) is 0 Å². The van der Waals surface area contributed by atoms with E-state index in [-0.39, 0.29) is 5.75 Å². The van der Waals surface area contributed by atoms with Gasteiger partial charge in [-0.15, -0.1) is 11.8 Å². The summed E-state index contributed by atoms with van der Waals surface area (Å²) in [5.74, 6) is 0.582. The minimum absolute atomic E-state index is 0.0713. The van der Waals surface area contributed by atoms with E-state index >= 15 is 0 Å². The van der Waals surface area contributed by atoms with E-state index in [0.29, 0.717) is 11.2 Å². The van der Waals surface area contributed by atoms with Crippen molar-refractivity contribution >= 4 is 29.5 Å². The Bertz CT molecular complexity index is 509. The minimum Gasteiger partial charge on any atom is -0.481 e. The minimum atomic E-state index is -0.795. The zero-order valence-electron chi connectivity index (χ0n) is 10.7. The molecule has 0 spiro atoms. The number of thioether (sulfide) groups is 2. The summed E-state index contributed by atoms with van der Waals surface area (Å²) in [6.45, 7) is 2.31. The number of nitrogens with zero attached hydrogens (tertiary/aromatic N) is 2. The summed E-state index contributed by atoms with van der Waals surface area (Å²) in [4.78, 5) is 19.4. The van der Waals surface area contributed by atoms with E-state index in [4.69, 9.17) is 5.11 Å². The van der Waals surface area contributed by atoms with E-state index in [0.717, 1.165) is 16.0 Å². The first-order chi connectivity index (χ1) is 9.15. The fourth-order valence-electron chi connectivity index (χ4n) is 2.95. The number of rotatable bonds is 3. The molecule has 0 radical (unpaired) electrons. The van der Waals surface area contributed by atoms with Gasteiger partial charge in [-0.05, 0) is 18.8 Å². The fourth-order valence-corrected chi connectivity index (χ4v) is 5.43. The molecule has 4 nitrogen and oxygen atoms in total. The number of carboxylic acid groups (broad SMARTS) is 1. The highest BCUT2D eigenvalue weighted by Gasteiger charge is 2.40. The Balaban J connectivity index is 1.87. The van der Waals surface area contributed by atoms with Crippen LogP contribution in [0.5, 0.6) is 0 Å². The SMILES string of the molecule is CC1CCC2c3c(SCC(=O)O)ncnc3SC2C1. The first-order valence-electron chi connectivity index (χ1n) is 6.51. The number of aliphatic carboxylic acids is 1. The smallest absolute Gasteiger partial charge is 0.313 e. The van der Waals surface area contributed by atoms with E-state index in [1.54, 1.807) is 6.33 Å². The third kappa shape index (κ3) is 2.60. The van der Waals surface area contributed by atoms with Gasteiger partial charge in [0.2, 0.25) is 0 Å². The summed E-state index contributed by atoms with van der Waals surface area (Å²) in [7, 11) is 0. The molecule has 102 valence electrons. The predicted molar refractivity (Wildman–Crippen MR) is 75.8 cm³/mol. The summed E-state index contributed by atoms with van der Waals surface area (Å²) in [5, 5.41) is 11.4. The molecule has 1 fully saturated rings.